The summed E-state index contributed by atoms with van der Waals surface area (Å²) in [6.45, 7) is 2.34. The molecule has 1 aromatic carbocycles. The zero-order valence-corrected chi connectivity index (χ0v) is 8.80. The molecule has 0 aliphatic heterocycles. The lowest BCUT2D eigenvalue weighted by Crippen LogP contribution is -2.13. The molecule has 0 saturated carbocycles. The van der Waals surface area contributed by atoms with E-state index >= 15 is 0 Å². The number of hydrogen-bond acceptors (Lipinski definition) is 4. The first-order valence-corrected chi connectivity index (χ1v) is 4.90. The molecule has 84 valence electrons. The van der Waals surface area contributed by atoms with Gasteiger partial charge in [0.2, 0.25) is 11.6 Å². The summed E-state index contributed by atoms with van der Waals surface area (Å²) in [5.74, 6) is 0.665. The van der Waals surface area contributed by atoms with Gasteiger partial charge < -0.3 is 20.1 Å². The number of furan rings is 1. The Kier molecular flexibility index (Phi) is 2.68. The molecule has 0 aliphatic carbocycles. The Labute approximate surface area is 92.1 Å². The fourth-order valence-corrected chi connectivity index (χ4v) is 1.52. The number of nitrogens with zero attached hydrogens (tertiary/aromatic N) is 1. The molecule has 0 unspecified atom stereocenters. The van der Waals surface area contributed by atoms with Crippen molar-refractivity contribution in [3.8, 4) is 5.75 Å². The second-order valence-corrected chi connectivity index (χ2v) is 3.17. The Bertz CT molecular complexity index is 531. The predicted molar refractivity (Wildman–Crippen MR) is 59.9 cm³/mol. The molecule has 0 fully saturated rings. The molecule has 0 amide bonds. The third-order valence-electron chi connectivity index (χ3n) is 2.18. The molecule has 0 radical (unpaired) electrons. The van der Waals surface area contributed by atoms with Gasteiger partial charge in [0.05, 0.1) is 12.0 Å². The molecule has 3 N–H and O–H groups in total. The molecule has 0 saturated heterocycles. The van der Waals surface area contributed by atoms with Crippen molar-refractivity contribution in [1.82, 2.24) is 0 Å². The average molecular weight is 220 g/mol. The van der Waals surface area contributed by atoms with Crippen molar-refractivity contribution in [2.24, 2.45) is 10.9 Å². The van der Waals surface area contributed by atoms with Crippen LogP contribution in [0.3, 0.4) is 0 Å². The molecule has 0 atom stereocenters. The van der Waals surface area contributed by atoms with E-state index in [1.54, 1.807) is 6.07 Å². The van der Waals surface area contributed by atoms with E-state index in [9.17, 15) is 0 Å². The van der Waals surface area contributed by atoms with Crippen molar-refractivity contribution in [3.63, 3.8) is 0 Å². The molecule has 0 spiro atoms. The standard InChI is InChI=1S/C11H12N2O3/c1-2-15-9-7-5-3-4-6-8(7)16-10(9)11(12)13-14/h3-6,14H,2H2,1H3,(H2,12,13). The molecule has 1 aromatic heterocycles. The molecule has 1 heterocycles. The van der Waals surface area contributed by atoms with Gasteiger partial charge in [-0.15, -0.1) is 0 Å². The fraction of sp³-hybridized carbons (Fsp3) is 0.182. The lowest BCUT2D eigenvalue weighted by molar-refractivity contribution is 0.314. The van der Waals surface area contributed by atoms with Crippen LogP contribution in [0, 0.1) is 0 Å². The van der Waals surface area contributed by atoms with E-state index < -0.39 is 0 Å². The maximum atomic E-state index is 8.65. The number of hydrogen-bond donors (Lipinski definition) is 2. The number of benzene rings is 1. The second kappa shape index (κ2) is 4.14. The van der Waals surface area contributed by atoms with Crippen molar-refractivity contribution in [2.75, 3.05) is 6.61 Å². The highest BCUT2D eigenvalue weighted by Crippen LogP contribution is 2.32. The summed E-state index contributed by atoms with van der Waals surface area (Å²) >= 11 is 0. The van der Waals surface area contributed by atoms with Crippen LogP contribution in [0.4, 0.5) is 0 Å². The van der Waals surface area contributed by atoms with E-state index in [1.165, 1.54) is 0 Å². The van der Waals surface area contributed by atoms with Gasteiger partial charge in [0.25, 0.3) is 0 Å². The van der Waals surface area contributed by atoms with Gasteiger partial charge in [-0.1, -0.05) is 17.3 Å². The monoisotopic (exact) mass is 220 g/mol. The highest BCUT2D eigenvalue weighted by molar-refractivity contribution is 6.03. The fourth-order valence-electron chi connectivity index (χ4n) is 1.52. The lowest BCUT2D eigenvalue weighted by Gasteiger charge is -2.01. The largest absolute Gasteiger partial charge is 0.489 e. The quantitative estimate of drug-likeness (QED) is 0.358. The summed E-state index contributed by atoms with van der Waals surface area (Å²) in [7, 11) is 0. The molecule has 0 bridgehead atoms. The van der Waals surface area contributed by atoms with E-state index in [2.05, 4.69) is 5.16 Å². The van der Waals surface area contributed by atoms with Crippen molar-refractivity contribution < 1.29 is 14.4 Å². The Morgan fingerprint density at radius 2 is 2.25 bits per heavy atom. The average Bonchev–Trinajstić information content (AvgIpc) is 2.68. The van der Waals surface area contributed by atoms with Gasteiger partial charge in [-0.3, -0.25) is 0 Å². The van der Waals surface area contributed by atoms with E-state index in [1.807, 2.05) is 25.1 Å². The number of ether oxygens (including phenoxy) is 1. The minimum absolute atomic E-state index is 0.0975. The number of oxime groups is 1. The summed E-state index contributed by atoms with van der Waals surface area (Å²) in [5, 5.41) is 12.4. The Balaban J connectivity index is 2.67. The van der Waals surface area contributed by atoms with Gasteiger partial charge in [-0.25, -0.2) is 0 Å². The Morgan fingerprint density at radius 1 is 1.50 bits per heavy atom. The topological polar surface area (TPSA) is 81.0 Å². The molecule has 2 aromatic rings. The van der Waals surface area contributed by atoms with Crippen LogP contribution in [0.2, 0.25) is 0 Å². The summed E-state index contributed by atoms with van der Waals surface area (Å²) in [4.78, 5) is 0. The summed E-state index contributed by atoms with van der Waals surface area (Å²) < 4.78 is 10.9. The van der Waals surface area contributed by atoms with Crippen LogP contribution in [0.25, 0.3) is 11.0 Å². The molecular formula is C11H12N2O3. The smallest absolute Gasteiger partial charge is 0.215 e. The van der Waals surface area contributed by atoms with E-state index in [0.717, 1.165) is 5.39 Å². The molecule has 5 nitrogen and oxygen atoms in total. The predicted octanol–water partition coefficient (Wildman–Crippen LogP) is 1.93. The highest BCUT2D eigenvalue weighted by atomic mass is 16.5. The third kappa shape index (κ3) is 1.56. The van der Waals surface area contributed by atoms with Crippen molar-refractivity contribution in [3.05, 3.63) is 30.0 Å². The number of para-hydroxylation sites is 1. The highest BCUT2D eigenvalue weighted by Gasteiger charge is 2.18. The van der Waals surface area contributed by atoms with E-state index in [4.69, 9.17) is 20.1 Å². The van der Waals surface area contributed by atoms with Crippen LogP contribution in [-0.4, -0.2) is 17.6 Å². The van der Waals surface area contributed by atoms with Gasteiger partial charge in [-0.2, -0.15) is 0 Å². The summed E-state index contributed by atoms with van der Waals surface area (Å²) in [6, 6.07) is 7.37. The summed E-state index contributed by atoms with van der Waals surface area (Å²) in [5.41, 5.74) is 6.16. The van der Waals surface area contributed by atoms with Gasteiger partial charge in [-0.05, 0) is 19.1 Å². The minimum Gasteiger partial charge on any atom is -0.489 e. The Morgan fingerprint density at radius 3 is 2.94 bits per heavy atom. The van der Waals surface area contributed by atoms with Crippen molar-refractivity contribution in [1.29, 1.82) is 0 Å². The molecule has 0 aliphatic rings. The van der Waals surface area contributed by atoms with Crippen molar-refractivity contribution >= 4 is 16.8 Å². The van der Waals surface area contributed by atoms with Crippen LogP contribution < -0.4 is 10.5 Å². The van der Waals surface area contributed by atoms with Gasteiger partial charge >= 0.3 is 0 Å². The normalized spacial score (nSPS) is 11.9. The van der Waals surface area contributed by atoms with Gasteiger partial charge in [0, 0.05) is 0 Å². The third-order valence-corrected chi connectivity index (χ3v) is 2.18. The van der Waals surface area contributed by atoms with E-state index in [-0.39, 0.29) is 11.6 Å². The minimum atomic E-state index is -0.0975. The van der Waals surface area contributed by atoms with Crippen molar-refractivity contribution in [2.45, 2.75) is 6.92 Å². The molecule has 16 heavy (non-hydrogen) atoms. The van der Waals surface area contributed by atoms with Crippen LogP contribution in [0.15, 0.2) is 33.8 Å². The first kappa shape index (κ1) is 10.4. The van der Waals surface area contributed by atoms with Gasteiger partial charge in [0.1, 0.15) is 5.58 Å². The lowest BCUT2D eigenvalue weighted by atomic mass is 10.2. The number of amidine groups is 1. The zero-order chi connectivity index (χ0) is 11.5. The molecule has 2 rings (SSSR count). The molecule has 5 heteroatoms. The maximum Gasteiger partial charge on any atom is 0.215 e. The first-order valence-electron chi connectivity index (χ1n) is 4.90. The van der Waals surface area contributed by atoms with Crippen LogP contribution in [0.5, 0.6) is 5.75 Å². The second-order valence-electron chi connectivity index (χ2n) is 3.17. The van der Waals surface area contributed by atoms with Gasteiger partial charge in [0.15, 0.2) is 5.75 Å². The summed E-state index contributed by atoms with van der Waals surface area (Å²) in [6.07, 6.45) is 0. The zero-order valence-electron chi connectivity index (χ0n) is 8.80. The number of rotatable bonds is 3. The van der Waals surface area contributed by atoms with Crippen LogP contribution >= 0.6 is 0 Å². The Hall–Kier alpha value is -2.17. The first-order chi connectivity index (χ1) is 7.77. The van der Waals surface area contributed by atoms with E-state index in [0.29, 0.717) is 17.9 Å². The number of fused-ring (bicyclic) bond motifs is 1. The van der Waals surface area contributed by atoms with Crippen LogP contribution in [-0.2, 0) is 0 Å². The maximum absolute atomic E-state index is 8.65. The SMILES string of the molecule is CCOc1c(/C(N)=N/O)oc2ccccc12. The molecular weight excluding hydrogens is 208 g/mol. The number of nitrogens with two attached hydrogens (primary N) is 1. The van der Waals surface area contributed by atoms with Crippen LogP contribution in [0.1, 0.15) is 12.7 Å².